The number of hydrogen-bond acceptors (Lipinski definition) is 1. The number of hydrogen-bond donors (Lipinski definition) is 0. The van der Waals surface area contributed by atoms with E-state index in [1.807, 2.05) is 65.6 Å². The van der Waals surface area contributed by atoms with E-state index in [1.165, 1.54) is 24.3 Å². The summed E-state index contributed by atoms with van der Waals surface area (Å²) in [6, 6.07) is 57.1. The molecule has 0 bridgehead atoms. The van der Waals surface area contributed by atoms with Crippen molar-refractivity contribution in [2.24, 2.45) is 0 Å². The molecule has 0 fully saturated rings. The van der Waals surface area contributed by atoms with Gasteiger partial charge >= 0.3 is 0 Å². The van der Waals surface area contributed by atoms with Crippen molar-refractivity contribution in [3.05, 3.63) is 217 Å². The summed E-state index contributed by atoms with van der Waals surface area (Å²) < 4.78 is 87.7. The molecular formula is C52H30F6N2. The second-order valence-electron chi connectivity index (χ2n) is 14.5. The number of benzene rings is 9. The fourth-order valence-corrected chi connectivity index (χ4v) is 8.15. The molecule has 0 aliphatic carbocycles. The first-order valence-electron chi connectivity index (χ1n) is 19.1. The van der Waals surface area contributed by atoms with Gasteiger partial charge in [-0.3, -0.25) is 0 Å². The molecule has 1 heterocycles. The lowest BCUT2D eigenvalue weighted by atomic mass is 10.0. The van der Waals surface area contributed by atoms with Crippen molar-refractivity contribution in [2.75, 3.05) is 4.90 Å². The number of rotatable bonds is 7. The molecule has 290 valence electrons. The van der Waals surface area contributed by atoms with E-state index in [2.05, 4.69) is 77.4 Å². The van der Waals surface area contributed by atoms with Crippen molar-refractivity contribution in [2.45, 2.75) is 0 Å². The Balaban J connectivity index is 1.05. The minimum absolute atomic E-state index is 0.175. The quantitative estimate of drug-likeness (QED) is 0.0886. The van der Waals surface area contributed by atoms with Gasteiger partial charge in [-0.25, -0.2) is 26.3 Å². The number of aromatic nitrogens is 1. The van der Waals surface area contributed by atoms with Crippen LogP contribution >= 0.6 is 0 Å². The highest BCUT2D eigenvalue weighted by molar-refractivity contribution is 6.11. The molecule has 10 aromatic rings. The maximum absolute atomic E-state index is 14.8. The SMILES string of the molecule is Fc1ccc(-c2ccc(N(c3ccc(-c4ccc5c(c4)c4ccccc4n5-c4cccc5ccccc45)cc3)c3ccc(-c4c(F)c(F)c(F)c(F)c4F)cc3)cc2)cc1. The van der Waals surface area contributed by atoms with E-state index in [-0.39, 0.29) is 11.4 Å². The molecule has 0 aliphatic rings. The number of anilines is 3. The van der Waals surface area contributed by atoms with Crippen LogP contribution in [0.5, 0.6) is 0 Å². The van der Waals surface area contributed by atoms with Crippen molar-refractivity contribution >= 4 is 49.6 Å². The van der Waals surface area contributed by atoms with E-state index in [1.54, 1.807) is 24.3 Å². The van der Waals surface area contributed by atoms with Gasteiger partial charge in [0.05, 0.1) is 22.3 Å². The first-order chi connectivity index (χ1) is 29.2. The van der Waals surface area contributed by atoms with E-state index in [4.69, 9.17) is 0 Å². The lowest BCUT2D eigenvalue weighted by Crippen LogP contribution is -2.10. The first kappa shape index (κ1) is 36.7. The third kappa shape index (κ3) is 6.16. The molecule has 0 unspecified atom stereocenters. The van der Waals surface area contributed by atoms with Gasteiger partial charge in [-0.05, 0) is 106 Å². The van der Waals surface area contributed by atoms with Crippen LogP contribution in [0, 0.1) is 34.9 Å². The van der Waals surface area contributed by atoms with Crippen LogP contribution in [-0.2, 0) is 0 Å². The van der Waals surface area contributed by atoms with Crippen LogP contribution in [0.25, 0.3) is 71.6 Å². The fraction of sp³-hybridized carbons (Fsp3) is 0. The second-order valence-corrected chi connectivity index (χ2v) is 14.5. The Morgan fingerprint density at radius 2 is 0.783 bits per heavy atom. The molecule has 0 saturated heterocycles. The van der Waals surface area contributed by atoms with Gasteiger partial charge in [-0.15, -0.1) is 0 Å². The highest BCUT2D eigenvalue weighted by Gasteiger charge is 2.27. The molecule has 0 radical (unpaired) electrons. The van der Waals surface area contributed by atoms with E-state index in [0.29, 0.717) is 5.69 Å². The Morgan fingerprint density at radius 3 is 1.40 bits per heavy atom. The molecule has 0 atom stereocenters. The highest BCUT2D eigenvalue weighted by Crippen LogP contribution is 2.41. The Hall–Kier alpha value is -7.58. The van der Waals surface area contributed by atoms with Crippen molar-refractivity contribution in [1.29, 1.82) is 0 Å². The molecule has 0 N–H and O–H groups in total. The van der Waals surface area contributed by atoms with Crippen molar-refractivity contribution in [1.82, 2.24) is 4.57 Å². The Bertz CT molecular complexity index is 3210. The summed E-state index contributed by atoms with van der Waals surface area (Å²) >= 11 is 0. The van der Waals surface area contributed by atoms with Gasteiger partial charge in [0, 0.05) is 33.2 Å². The topological polar surface area (TPSA) is 8.17 Å². The summed E-state index contributed by atoms with van der Waals surface area (Å²) in [5.41, 5.74) is 7.78. The summed E-state index contributed by atoms with van der Waals surface area (Å²) in [5.74, 6) is -10.4. The second kappa shape index (κ2) is 14.7. The smallest absolute Gasteiger partial charge is 0.200 e. The number of para-hydroxylation sites is 1. The normalized spacial score (nSPS) is 11.5. The van der Waals surface area contributed by atoms with Gasteiger partial charge < -0.3 is 9.47 Å². The number of nitrogens with zero attached hydrogens (tertiary/aromatic N) is 2. The molecule has 9 aromatic carbocycles. The monoisotopic (exact) mass is 796 g/mol. The fourth-order valence-electron chi connectivity index (χ4n) is 8.15. The lowest BCUT2D eigenvalue weighted by molar-refractivity contribution is 0.381. The number of fused-ring (bicyclic) bond motifs is 4. The van der Waals surface area contributed by atoms with Crippen LogP contribution in [-0.4, -0.2) is 4.57 Å². The van der Waals surface area contributed by atoms with Gasteiger partial charge in [0.25, 0.3) is 0 Å². The molecule has 0 amide bonds. The van der Waals surface area contributed by atoms with Crippen molar-refractivity contribution < 1.29 is 26.3 Å². The van der Waals surface area contributed by atoms with Crippen LogP contribution in [0.15, 0.2) is 182 Å². The van der Waals surface area contributed by atoms with Crippen molar-refractivity contribution in [3.63, 3.8) is 0 Å². The van der Waals surface area contributed by atoms with Crippen LogP contribution in [0.3, 0.4) is 0 Å². The van der Waals surface area contributed by atoms with Crippen LogP contribution < -0.4 is 4.90 Å². The summed E-state index contributed by atoms with van der Waals surface area (Å²) in [4.78, 5) is 1.92. The number of halogens is 6. The van der Waals surface area contributed by atoms with Crippen LogP contribution in [0.2, 0.25) is 0 Å². The van der Waals surface area contributed by atoms with Gasteiger partial charge in [0.15, 0.2) is 23.3 Å². The zero-order chi connectivity index (χ0) is 41.1. The van der Waals surface area contributed by atoms with Gasteiger partial charge in [0.2, 0.25) is 5.82 Å². The third-order valence-corrected chi connectivity index (χ3v) is 11.1. The average molecular weight is 797 g/mol. The third-order valence-electron chi connectivity index (χ3n) is 11.1. The van der Waals surface area contributed by atoms with Crippen molar-refractivity contribution in [3.8, 4) is 39.1 Å². The minimum atomic E-state index is -2.21. The average Bonchev–Trinajstić information content (AvgIpc) is 3.62. The Morgan fingerprint density at radius 1 is 0.333 bits per heavy atom. The standard InChI is InChI=1S/C52H30F6N2/c53-37-21-12-31(13-22-37)32-14-23-38(24-15-32)59(40-27-18-35(19-28-40)47-48(54)50(56)52(58)51(57)49(47)55)39-25-16-33(17-26-39)36-20-29-46-43(30-36)42-9-3-4-10-45(42)60(46)44-11-5-7-34-6-1-2-8-41(34)44/h1-30H. The molecule has 1 aromatic heterocycles. The maximum atomic E-state index is 14.8. The maximum Gasteiger partial charge on any atom is 0.200 e. The van der Waals surface area contributed by atoms with Gasteiger partial charge in [-0.1, -0.05) is 109 Å². The predicted octanol–water partition coefficient (Wildman–Crippen LogP) is 15.2. The largest absolute Gasteiger partial charge is 0.311 e. The summed E-state index contributed by atoms with van der Waals surface area (Å²) in [6.45, 7) is 0. The summed E-state index contributed by atoms with van der Waals surface area (Å²) in [7, 11) is 0. The van der Waals surface area contributed by atoms with E-state index >= 15 is 0 Å². The minimum Gasteiger partial charge on any atom is -0.311 e. The highest BCUT2D eigenvalue weighted by atomic mass is 19.2. The molecule has 8 heteroatoms. The zero-order valence-electron chi connectivity index (χ0n) is 31.5. The summed E-state index contributed by atoms with van der Waals surface area (Å²) in [5, 5.41) is 4.55. The van der Waals surface area contributed by atoms with Gasteiger partial charge in [0.1, 0.15) is 5.82 Å². The van der Waals surface area contributed by atoms with Gasteiger partial charge in [-0.2, -0.15) is 0 Å². The van der Waals surface area contributed by atoms with E-state index in [0.717, 1.165) is 71.9 Å². The van der Waals surface area contributed by atoms with E-state index < -0.39 is 34.6 Å². The summed E-state index contributed by atoms with van der Waals surface area (Å²) in [6.07, 6.45) is 0. The molecule has 10 rings (SSSR count). The first-order valence-corrected chi connectivity index (χ1v) is 19.1. The van der Waals surface area contributed by atoms with E-state index in [9.17, 15) is 26.3 Å². The van der Waals surface area contributed by atoms with Crippen LogP contribution in [0.4, 0.5) is 43.4 Å². The van der Waals surface area contributed by atoms with Crippen LogP contribution in [0.1, 0.15) is 0 Å². The lowest BCUT2D eigenvalue weighted by Gasteiger charge is -2.26. The Kier molecular flexibility index (Phi) is 8.98. The molecule has 2 nitrogen and oxygen atoms in total. The Labute approximate surface area is 340 Å². The zero-order valence-corrected chi connectivity index (χ0v) is 31.5. The predicted molar refractivity (Wildman–Crippen MR) is 229 cm³/mol. The molecule has 60 heavy (non-hydrogen) atoms. The molecule has 0 spiro atoms. The molecule has 0 saturated carbocycles. The molecular weight excluding hydrogens is 767 g/mol. The molecule has 0 aliphatic heterocycles.